The van der Waals surface area contributed by atoms with E-state index in [1.807, 2.05) is 49.4 Å². The van der Waals surface area contributed by atoms with Crippen LogP contribution in [0.15, 0.2) is 71.3 Å². The van der Waals surface area contributed by atoms with Crippen molar-refractivity contribution in [3.63, 3.8) is 0 Å². The SMILES string of the molecule is CC(=C/c1ccccc1)/C=N/NC(=O)C(O)c1ccccc1. The number of allylic oxidation sites excluding steroid dienone is 1. The van der Waals surface area contributed by atoms with Crippen molar-refractivity contribution in [1.29, 1.82) is 0 Å². The summed E-state index contributed by atoms with van der Waals surface area (Å²) in [6, 6.07) is 18.6. The highest BCUT2D eigenvalue weighted by Gasteiger charge is 2.15. The minimum atomic E-state index is -1.23. The number of rotatable bonds is 5. The van der Waals surface area contributed by atoms with E-state index in [0.717, 1.165) is 11.1 Å². The number of nitrogens with zero attached hydrogens (tertiary/aromatic N) is 1. The maximum Gasteiger partial charge on any atom is 0.273 e. The lowest BCUT2D eigenvalue weighted by atomic mass is 10.1. The van der Waals surface area contributed by atoms with Gasteiger partial charge >= 0.3 is 0 Å². The van der Waals surface area contributed by atoms with E-state index in [2.05, 4.69) is 10.5 Å². The van der Waals surface area contributed by atoms with Gasteiger partial charge in [0.2, 0.25) is 0 Å². The van der Waals surface area contributed by atoms with E-state index in [1.165, 1.54) is 0 Å². The fourth-order valence-electron chi connectivity index (χ4n) is 1.89. The minimum Gasteiger partial charge on any atom is -0.378 e. The quantitative estimate of drug-likeness (QED) is 0.658. The maximum atomic E-state index is 11.8. The van der Waals surface area contributed by atoms with Gasteiger partial charge < -0.3 is 5.11 Å². The predicted molar refractivity (Wildman–Crippen MR) is 88.1 cm³/mol. The average molecular weight is 294 g/mol. The van der Waals surface area contributed by atoms with E-state index in [-0.39, 0.29) is 0 Å². The van der Waals surface area contributed by atoms with E-state index in [4.69, 9.17) is 0 Å². The molecule has 22 heavy (non-hydrogen) atoms. The van der Waals surface area contributed by atoms with Crippen molar-refractivity contribution in [3.05, 3.63) is 77.4 Å². The Morgan fingerprint density at radius 1 is 1.09 bits per heavy atom. The third kappa shape index (κ3) is 4.68. The van der Waals surface area contributed by atoms with Crippen LogP contribution < -0.4 is 5.43 Å². The average Bonchev–Trinajstić information content (AvgIpc) is 2.55. The van der Waals surface area contributed by atoms with E-state index in [0.29, 0.717) is 5.56 Å². The molecule has 0 radical (unpaired) electrons. The summed E-state index contributed by atoms with van der Waals surface area (Å²) in [4.78, 5) is 11.8. The monoisotopic (exact) mass is 294 g/mol. The number of hydrogen-bond acceptors (Lipinski definition) is 3. The summed E-state index contributed by atoms with van der Waals surface area (Å²) in [5.41, 5.74) is 4.82. The maximum absolute atomic E-state index is 11.8. The smallest absolute Gasteiger partial charge is 0.273 e. The normalized spacial score (nSPS) is 13.1. The van der Waals surface area contributed by atoms with Crippen LogP contribution in [0.1, 0.15) is 24.2 Å². The Morgan fingerprint density at radius 3 is 2.32 bits per heavy atom. The number of carbonyl (C=O) groups is 1. The van der Waals surface area contributed by atoms with Crippen LogP contribution in [-0.4, -0.2) is 17.2 Å². The molecule has 1 unspecified atom stereocenters. The second kappa shape index (κ2) is 7.90. The molecule has 1 amide bonds. The number of hydrazone groups is 1. The first-order valence-corrected chi connectivity index (χ1v) is 6.96. The van der Waals surface area contributed by atoms with Gasteiger partial charge in [-0.15, -0.1) is 0 Å². The summed E-state index contributed by atoms with van der Waals surface area (Å²) in [6.45, 7) is 1.89. The molecule has 4 nitrogen and oxygen atoms in total. The molecule has 0 heterocycles. The van der Waals surface area contributed by atoms with Crippen LogP contribution in [0, 0.1) is 0 Å². The van der Waals surface area contributed by atoms with Gasteiger partial charge in [-0.2, -0.15) is 5.10 Å². The molecular weight excluding hydrogens is 276 g/mol. The molecule has 2 aromatic carbocycles. The lowest BCUT2D eigenvalue weighted by Crippen LogP contribution is -2.25. The molecule has 2 N–H and O–H groups in total. The van der Waals surface area contributed by atoms with Crippen molar-refractivity contribution in [1.82, 2.24) is 5.43 Å². The zero-order valence-electron chi connectivity index (χ0n) is 12.3. The number of aliphatic hydroxyl groups excluding tert-OH is 1. The zero-order valence-corrected chi connectivity index (χ0v) is 12.3. The highest BCUT2D eigenvalue weighted by atomic mass is 16.3. The number of nitrogens with one attached hydrogen (secondary N) is 1. The first-order chi connectivity index (χ1) is 10.7. The summed E-state index contributed by atoms with van der Waals surface area (Å²) in [5, 5.41) is 13.8. The van der Waals surface area contributed by atoms with Crippen LogP contribution in [0.3, 0.4) is 0 Å². The number of aliphatic hydroxyl groups is 1. The van der Waals surface area contributed by atoms with Gasteiger partial charge in [0, 0.05) is 0 Å². The fraction of sp³-hybridized carbons (Fsp3) is 0.111. The molecule has 2 rings (SSSR count). The first kappa shape index (κ1) is 15.7. The molecular formula is C18H18N2O2. The van der Waals surface area contributed by atoms with E-state index in [1.54, 1.807) is 30.5 Å². The zero-order chi connectivity index (χ0) is 15.8. The summed E-state index contributed by atoms with van der Waals surface area (Å²) in [6.07, 6.45) is 2.27. The Morgan fingerprint density at radius 2 is 1.68 bits per heavy atom. The largest absolute Gasteiger partial charge is 0.378 e. The molecule has 0 spiro atoms. The van der Waals surface area contributed by atoms with Gasteiger partial charge in [-0.3, -0.25) is 4.79 Å². The van der Waals surface area contributed by atoms with Crippen molar-refractivity contribution in [2.75, 3.05) is 0 Å². The molecule has 0 aromatic heterocycles. The van der Waals surface area contributed by atoms with Crippen molar-refractivity contribution in [3.8, 4) is 0 Å². The number of carbonyl (C=O) groups excluding carboxylic acids is 1. The third-order valence-electron chi connectivity index (χ3n) is 3.00. The van der Waals surface area contributed by atoms with Crippen LogP contribution in [0.2, 0.25) is 0 Å². The molecule has 0 fully saturated rings. The molecule has 112 valence electrons. The van der Waals surface area contributed by atoms with Gasteiger partial charge in [0.05, 0.1) is 6.21 Å². The van der Waals surface area contributed by atoms with Crippen molar-refractivity contribution in [2.24, 2.45) is 5.10 Å². The van der Waals surface area contributed by atoms with Crippen LogP contribution in [-0.2, 0) is 4.79 Å². The second-order valence-electron chi connectivity index (χ2n) is 4.85. The Labute approximate surface area is 129 Å². The van der Waals surface area contributed by atoms with Gasteiger partial charge in [0.25, 0.3) is 5.91 Å². The molecule has 0 aliphatic rings. The predicted octanol–water partition coefficient (Wildman–Crippen LogP) is 2.93. The molecule has 4 heteroatoms. The molecule has 0 aliphatic carbocycles. The number of benzene rings is 2. The molecule has 1 atom stereocenters. The van der Waals surface area contributed by atoms with E-state index in [9.17, 15) is 9.90 Å². The van der Waals surface area contributed by atoms with Crippen LogP contribution >= 0.6 is 0 Å². The van der Waals surface area contributed by atoms with Crippen molar-refractivity contribution < 1.29 is 9.90 Å². The van der Waals surface area contributed by atoms with Crippen LogP contribution in [0.4, 0.5) is 0 Å². The Balaban J connectivity index is 1.92. The molecule has 0 aliphatic heterocycles. The third-order valence-corrected chi connectivity index (χ3v) is 3.00. The highest BCUT2D eigenvalue weighted by molar-refractivity contribution is 5.87. The van der Waals surface area contributed by atoms with Crippen molar-refractivity contribution >= 4 is 18.2 Å². The molecule has 0 saturated carbocycles. The lowest BCUT2D eigenvalue weighted by molar-refractivity contribution is -0.129. The molecule has 0 bridgehead atoms. The van der Waals surface area contributed by atoms with Crippen LogP contribution in [0.5, 0.6) is 0 Å². The minimum absolute atomic E-state index is 0.534. The van der Waals surface area contributed by atoms with Crippen LogP contribution in [0.25, 0.3) is 6.08 Å². The Bertz CT molecular complexity index is 664. The van der Waals surface area contributed by atoms with Gasteiger partial charge in [0.1, 0.15) is 0 Å². The number of amides is 1. The van der Waals surface area contributed by atoms with Gasteiger partial charge in [-0.25, -0.2) is 5.43 Å². The highest BCUT2D eigenvalue weighted by Crippen LogP contribution is 2.11. The van der Waals surface area contributed by atoms with Gasteiger partial charge in [-0.1, -0.05) is 66.7 Å². The summed E-state index contributed by atoms with van der Waals surface area (Å²) in [7, 11) is 0. The second-order valence-corrected chi connectivity index (χ2v) is 4.85. The number of hydrogen-bond donors (Lipinski definition) is 2. The standard InChI is InChI=1S/C18H18N2O2/c1-14(12-15-8-4-2-5-9-15)13-19-20-18(22)17(21)16-10-6-3-7-11-16/h2-13,17,21H,1H3,(H,20,22)/b14-12-,19-13+. The Hall–Kier alpha value is -2.72. The summed E-state index contributed by atoms with van der Waals surface area (Å²) in [5.74, 6) is -0.560. The lowest BCUT2D eigenvalue weighted by Gasteiger charge is -2.08. The van der Waals surface area contributed by atoms with Gasteiger partial charge in [0.15, 0.2) is 6.10 Å². The first-order valence-electron chi connectivity index (χ1n) is 6.96. The summed E-state index contributed by atoms with van der Waals surface area (Å²) >= 11 is 0. The molecule has 0 saturated heterocycles. The van der Waals surface area contributed by atoms with E-state index < -0.39 is 12.0 Å². The topological polar surface area (TPSA) is 61.7 Å². The summed E-state index contributed by atoms with van der Waals surface area (Å²) < 4.78 is 0. The fourth-order valence-corrected chi connectivity index (χ4v) is 1.89. The van der Waals surface area contributed by atoms with Crippen molar-refractivity contribution in [2.45, 2.75) is 13.0 Å². The Kier molecular flexibility index (Phi) is 5.63. The van der Waals surface area contributed by atoms with Gasteiger partial charge in [-0.05, 0) is 23.6 Å². The van der Waals surface area contributed by atoms with E-state index >= 15 is 0 Å². The molecule has 2 aromatic rings.